The van der Waals surface area contributed by atoms with Crippen LogP contribution in [0.1, 0.15) is 60.8 Å². The molecule has 3 atom stereocenters. The van der Waals surface area contributed by atoms with Gasteiger partial charge in [-0.05, 0) is 52.0 Å². The van der Waals surface area contributed by atoms with Gasteiger partial charge in [-0.15, -0.1) is 0 Å². The first-order chi connectivity index (χ1) is 9.78. The Labute approximate surface area is 136 Å². The van der Waals surface area contributed by atoms with Crippen LogP contribution >= 0.6 is 0 Å². The predicted molar refractivity (Wildman–Crippen MR) is 99.9 cm³/mol. The van der Waals surface area contributed by atoms with Crippen LogP contribution in [-0.2, 0) is 0 Å². The Morgan fingerprint density at radius 3 is 1.38 bits per heavy atom. The third kappa shape index (κ3) is 28.7. The lowest BCUT2D eigenvalue weighted by Crippen LogP contribution is -2.18. The van der Waals surface area contributed by atoms with Crippen molar-refractivity contribution in [2.45, 2.75) is 60.8 Å². The van der Waals surface area contributed by atoms with Gasteiger partial charge in [-0.2, -0.15) is 0 Å². The van der Waals surface area contributed by atoms with Crippen molar-refractivity contribution in [2.75, 3.05) is 40.8 Å². The van der Waals surface area contributed by atoms with E-state index in [1.54, 1.807) is 0 Å². The third-order valence-corrected chi connectivity index (χ3v) is 3.72. The fourth-order valence-corrected chi connectivity index (χ4v) is 1.41. The van der Waals surface area contributed by atoms with E-state index in [-0.39, 0.29) is 0 Å². The maximum absolute atomic E-state index is 5.28. The van der Waals surface area contributed by atoms with Crippen molar-refractivity contribution in [2.24, 2.45) is 23.5 Å². The van der Waals surface area contributed by atoms with Gasteiger partial charge in [0.2, 0.25) is 0 Å². The minimum atomic E-state index is 0.713. The Bertz CT molecular complexity index is 168. The summed E-state index contributed by atoms with van der Waals surface area (Å²) in [5.41, 5.74) is 5.28. The molecule has 0 saturated heterocycles. The SMILES string of the molecule is CCC(C)CN.CCC(C)CN(C)C.CCC(C)CNC. The molecule has 0 aromatic carbocycles. The van der Waals surface area contributed by atoms with Crippen molar-refractivity contribution in [3.05, 3.63) is 0 Å². The molecule has 0 spiro atoms. The second-order valence-electron chi connectivity index (χ2n) is 6.60. The summed E-state index contributed by atoms with van der Waals surface area (Å²) in [7, 11) is 6.23. The van der Waals surface area contributed by atoms with Crippen molar-refractivity contribution in [3.8, 4) is 0 Å². The molecule has 3 unspecified atom stereocenters. The first-order valence-corrected chi connectivity index (χ1v) is 8.78. The Morgan fingerprint density at radius 2 is 1.29 bits per heavy atom. The quantitative estimate of drug-likeness (QED) is 0.716. The van der Waals surface area contributed by atoms with Crippen LogP contribution in [0, 0.1) is 17.8 Å². The Kier molecular flexibility index (Phi) is 24.4. The van der Waals surface area contributed by atoms with Gasteiger partial charge in [-0.1, -0.05) is 60.8 Å². The molecule has 0 aliphatic carbocycles. The second-order valence-corrected chi connectivity index (χ2v) is 6.60. The summed E-state index contributed by atoms with van der Waals surface area (Å²) in [5.74, 6) is 2.40. The molecule has 0 amide bonds. The first kappa shape index (κ1) is 25.8. The Hall–Kier alpha value is -0.120. The van der Waals surface area contributed by atoms with Crippen LogP contribution in [0.25, 0.3) is 0 Å². The van der Waals surface area contributed by atoms with E-state index < -0.39 is 0 Å². The molecule has 3 N–H and O–H groups in total. The van der Waals surface area contributed by atoms with Crippen LogP contribution < -0.4 is 11.1 Å². The molecule has 132 valence electrons. The fraction of sp³-hybridized carbons (Fsp3) is 1.00. The molecule has 0 aromatic heterocycles. The molecular weight excluding hydrogens is 258 g/mol. The lowest BCUT2D eigenvalue weighted by molar-refractivity contribution is 0.334. The topological polar surface area (TPSA) is 41.3 Å². The maximum atomic E-state index is 5.28. The van der Waals surface area contributed by atoms with Crippen molar-refractivity contribution < 1.29 is 0 Å². The van der Waals surface area contributed by atoms with Gasteiger partial charge in [0, 0.05) is 6.54 Å². The van der Waals surface area contributed by atoms with Gasteiger partial charge in [0.05, 0.1) is 0 Å². The zero-order chi connectivity index (χ0) is 17.3. The number of nitrogens with one attached hydrogen (secondary N) is 1. The Morgan fingerprint density at radius 1 is 0.857 bits per heavy atom. The summed E-state index contributed by atoms with van der Waals surface area (Å²) >= 11 is 0. The van der Waals surface area contributed by atoms with Gasteiger partial charge < -0.3 is 16.0 Å². The van der Waals surface area contributed by atoms with Gasteiger partial charge in [0.25, 0.3) is 0 Å². The standard InChI is InChI=1S/C7H17N.C6H15N.C5H13N/c1-5-7(2)6-8(3)4;1-4-6(2)5-7-3;1-3-5(2)4-6/h7H,5-6H2,1-4H3;6-7H,4-5H2,1-3H3;5H,3-4,6H2,1-2H3. The monoisotopic (exact) mass is 303 g/mol. The smallest absolute Gasteiger partial charge is 0.0000818 e. The summed E-state index contributed by atoms with van der Waals surface area (Å²) in [6.07, 6.45) is 3.77. The summed E-state index contributed by atoms with van der Waals surface area (Å²) < 4.78 is 0. The molecule has 0 saturated carbocycles. The largest absolute Gasteiger partial charge is 0.330 e. The molecule has 0 bridgehead atoms. The molecule has 3 nitrogen and oxygen atoms in total. The third-order valence-electron chi connectivity index (χ3n) is 3.72. The lowest BCUT2D eigenvalue weighted by atomic mass is 10.1. The molecule has 0 aliphatic heterocycles. The molecule has 0 fully saturated rings. The average molecular weight is 304 g/mol. The lowest BCUT2D eigenvalue weighted by Gasteiger charge is -2.13. The summed E-state index contributed by atoms with van der Waals surface area (Å²) in [5, 5.41) is 3.12. The molecule has 0 rings (SSSR count). The average Bonchev–Trinajstić information content (AvgIpc) is 2.47. The molecule has 0 aromatic rings. The van der Waals surface area contributed by atoms with E-state index in [0.717, 1.165) is 24.9 Å². The van der Waals surface area contributed by atoms with Crippen molar-refractivity contribution in [1.29, 1.82) is 0 Å². The zero-order valence-corrected chi connectivity index (χ0v) is 16.5. The first-order valence-electron chi connectivity index (χ1n) is 8.78. The predicted octanol–water partition coefficient (Wildman–Crippen LogP) is 3.84. The van der Waals surface area contributed by atoms with Gasteiger partial charge in [-0.25, -0.2) is 0 Å². The van der Waals surface area contributed by atoms with Gasteiger partial charge in [0.15, 0.2) is 0 Å². The number of hydrogen-bond donors (Lipinski definition) is 2. The second kappa shape index (κ2) is 19.9. The van der Waals surface area contributed by atoms with E-state index in [1.165, 1.54) is 25.8 Å². The minimum absolute atomic E-state index is 0.713. The van der Waals surface area contributed by atoms with Gasteiger partial charge in [-0.3, -0.25) is 0 Å². The molecule has 3 heteroatoms. The number of rotatable bonds is 8. The van der Waals surface area contributed by atoms with Crippen LogP contribution in [0.2, 0.25) is 0 Å². The van der Waals surface area contributed by atoms with E-state index in [1.807, 2.05) is 7.05 Å². The highest BCUT2D eigenvalue weighted by Crippen LogP contribution is 1.99. The van der Waals surface area contributed by atoms with Crippen molar-refractivity contribution in [3.63, 3.8) is 0 Å². The molecular formula is C18H45N3. The highest BCUT2D eigenvalue weighted by molar-refractivity contribution is 4.51. The van der Waals surface area contributed by atoms with Crippen LogP contribution in [0.15, 0.2) is 0 Å². The minimum Gasteiger partial charge on any atom is -0.330 e. The summed E-state index contributed by atoms with van der Waals surface area (Å²) in [4.78, 5) is 2.23. The fourth-order valence-electron chi connectivity index (χ4n) is 1.41. The van der Waals surface area contributed by atoms with E-state index in [0.29, 0.717) is 5.92 Å². The number of nitrogens with zero attached hydrogens (tertiary/aromatic N) is 1. The van der Waals surface area contributed by atoms with E-state index in [2.05, 4.69) is 65.9 Å². The zero-order valence-electron chi connectivity index (χ0n) is 16.5. The van der Waals surface area contributed by atoms with Crippen molar-refractivity contribution >= 4 is 0 Å². The molecule has 21 heavy (non-hydrogen) atoms. The highest BCUT2D eigenvalue weighted by atomic mass is 15.0. The van der Waals surface area contributed by atoms with Crippen LogP contribution in [0.4, 0.5) is 0 Å². The number of nitrogens with two attached hydrogens (primary N) is 1. The molecule has 0 radical (unpaired) electrons. The molecule has 0 aliphatic rings. The van der Waals surface area contributed by atoms with Gasteiger partial charge >= 0.3 is 0 Å². The summed E-state index contributed by atoms with van der Waals surface area (Å²) in [6, 6.07) is 0. The van der Waals surface area contributed by atoms with E-state index in [9.17, 15) is 0 Å². The van der Waals surface area contributed by atoms with Gasteiger partial charge in [0.1, 0.15) is 0 Å². The van der Waals surface area contributed by atoms with Crippen LogP contribution in [0.3, 0.4) is 0 Å². The maximum Gasteiger partial charge on any atom is 0.0000818 e. The van der Waals surface area contributed by atoms with E-state index >= 15 is 0 Å². The van der Waals surface area contributed by atoms with Crippen molar-refractivity contribution in [1.82, 2.24) is 10.2 Å². The molecule has 0 heterocycles. The number of hydrogen-bond acceptors (Lipinski definition) is 3. The van der Waals surface area contributed by atoms with Crippen LogP contribution in [0.5, 0.6) is 0 Å². The Balaban J connectivity index is -0.000000234. The highest BCUT2D eigenvalue weighted by Gasteiger charge is 1.97. The normalized spacial score (nSPS) is 14.4. The summed E-state index contributed by atoms with van der Waals surface area (Å²) in [6.45, 7) is 16.5. The van der Waals surface area contributed by atoms with E-state index in [4.69, 9.17) is 5.73 Å². The van der Waals surface area contributed by atoms with Crippen LogP contribution in [-0.4, -0.2) is 45.7 Å².